The molecule has 0 saturated carbocycles. The number of aryl methyl sites for hydroxylation is 1. The van der Waals surface area contributed by atoms with Gasteiger partial charge in [0, 0.05) is 57.5 Å². The van der Waals surface area contributed by atoms with E-state index in [-0.39, 0.29) is 11.7 Å². The molecule has 0 aliphatic carbocycles. The third-order valence-corrected chi connectivity index (χ3v) is 7.43. The highest BCUT2D eigenvalue weighted by Gasteiger charge is 2.21. The standard InChI is InChI=1S/C27H30FN7OS/c1-5-22-26(33(4)27-30-25(31-37-27)19-6-9-21(28)10-7-19)35-16-20(8-11-23(35)29-22)18-12-14-34(15-13-18)17-24(36)32(2)3/h6-12,16H,5,13-15,17H2,1-4H3. The van der Waals surface area contributed by atoms with Gasteiger partial charge in [-0.1, -0.05) is 13.0 Å². The normalized spacial score (nSPS) is 14.1. The number of rotatable bonds is 7. The van der Waals surface area contributed by atoms with Gasteiger partial charge in [-0.15, -0.1) is 0 Å². The van der Waals surface area contributed by atoms with Crippen molar-refractivity contribution in [1.29, 1.82) is 0 Å². The number of fused-ring (bicyclic) bond motifs is 1. The molecular formula is C27H30FN7OS. The Hall–Kier alpha value is -3.63. The lowest BCUT2D eigenvalue weighted by molar-refractivity contribution is -0.129. The SMILES string of the molecule is CCc1nc2ccc(C3=CCN(CC(=O)N(C)C)CC3)cn2c1N(C)c1nc(-c2ccc(F)cc2)ns1. The van der Waals surface area contributed by atoms with E-state index in [0.29, 0.717) is 12.4 Å². The van der Waals surface area contributed by atoms with E-state index in [9.17, 15) is 9.18 Å². The van der Waals surface area contributed by atoms with Crippen molar-refractivity contribution in [3.8, 4) is 11.4 Å². The second kappa shape index (κ2) is 10.4. The number of amides is 1. The Bertz CT molecular complexity index is 1460. The predicted octanol–water partition coefficient (Wildman–Crippen LogP) is 4.50. The summed E-state index contributed by atoms with van der Waals surface area (Å²) in [5.41, 5.74) is 5.04. The second-order valence-corrected chi connectivity index (χ2v) is 10.1. The molecule has 37 heavy (non-hydrogen) atoms. The van der Waals surface area contributed by atoms with Crippen LogP contribution in [0, 0.1) is 5.82 Å². The van der Waals surface area contributed by atoms with Crippen molar-refractivity contribution in [3.63, 3.8) is 0 Å². The van der Waals surface area contributed by atoms with Gasteiger partial charge in [0.15, 0.2) is 5.82 Å². The number of anilines is 2. The molecule has 1 aliphatic rings. The van der Waals surface area contributed by atoms with Crippen molar-refractivity contribution in [3.05, 3.63) is 65.7 Å². The Balaban J connectivity index is 1.43. The predicted molar refractivity (Wildman–Crippen MR) is 146 cm³/mol. The number of carbonyl (C=O) groups excluding carboxylic acids is 1. The molecule has 1 aliphatic heterocycles. The molecule has 10 heteroatoms. The Morgan fingerprint density at radius 2 is 1.84 bits per heavy atom. The zero-order valence-electron chi connectivity index (χ0n) is 21.5. The fourth-order valence-corrected chi connectivity index (χ4v) is 5.12. The molecule has 5 rings (SSSR count). The third-order valence-electron chi connectivity index (χ3n) is 6.64. The minimum atomic E-state index is -0.284. The molecule has 0 radical (unpaired) electrons. The molecule has 4 heterocycles. The summed E-state index contributed by atoms with van der Waals surface area (Å²) in [5, 5.41) is 0.735. The van der Waals surface area contributed by atoms with Gasteiger partial charge in [-0.05, 0) is 60.4 Å². The highest BCUT2D eigenvalue weighted by molar-refractivity contribution is 7.10. The van der Waals surface area contributed by atoms with Crippen LogP contribution in [0.25, 0.3) is 22.6 Å². The van der Waals surface area contributed by atoms with Gasteiger partial charge in [0.2, 0.25) is 11.0 Å². The molecule has 0 N–H and O–H groups in total. The lowest BCUT2D eigenvalue weighted by Gasteiger charge is -2.27. The van der Waals surface area contributed by atoms with Crippen LogP contribution in [-0.2, 0) is 11.2 Å². The first kappa shape index (κ1) is 25.0. The van der Waals surface area contributed by atoms with E-state index in [2.05, 4.69) is 45.0 Å². The number of pyridine rings is 1. The zero-order valence-corrected chi connectivity index (χ0v) is 22.3. The van der Waals surface area contributed by atoms with Crippen LogP contribution in [0.5, 0.6) is 0 Å². The number of imidazole rings is 1. The fourth-order valence-electron chi connectivity index (χ4n) is 4.47. The average molecular weight is 520 g/mol. The maximum atomic E-state index is 13.3. The van der Waals surface area contributed by atoms with Gasteiger partial charge < -0.3 is 9.80 Å². The molecule has 0 spiro atoms. The molecule has 1 amide bonds. The molecule has 0 saturated heterocycles. The Kier molecular flexibility index (Phi) is 7.03. The maximum absolute atomic E-state index is 13.3. The highest BCUT2D eigenvalue weighted by Crippen LogP contribution is 2.33. The average Bonchev–Trinajstić information content (AvgIpc) is 3.54. The summed E-state index contributed by atoms with van der Waals surface area (Å²) in [6.45, 7) is 4.13. The fraction of sp³-hybridized carbons (Fsp3) is 0.333. The van der Waals surface area contributed by atoms with Crippen molar-refractivity contribution >= 4 is 39.6 Å². The highest BCUT2D eigenvalue weighted by atomic mass is 32.1. The lowest BCUT2D eigenvalue weighted by Crippen LogP contribution is -2.38. The van der Waals surface area contributed by atoms with E-state index in [0.717, 1.165) is 59.3 Å². The minimum Gasteiger partial charge on any atom is -0.348 e. The summed E-state index contributed by atoms with van der Waals surface area (Å²) in [6.07, 6.45) is 6.01. The molecule has 4 aromatic rings. The second-order valence-electron chi connectivity index (χ2n) is 9.35. The van der Waals surface area contributed by atoms with Gasteiger partial charge in [0.05, 0.1) is 12.2 Å². The van der Waals surface area contributed by atoms with E-state index >= 15 is 0 Å². The van der Waals surface area contributed by atoms with Crippen LogP contribution < -0.4 is 4.90 Å². The van der Waals surface area contributed by atoms with Crippen LogP contribution in [0.15, 0.2) is 48.7 Å². The van der Waals surface area contributed by atoms with E-state index in [4.69, 9.17) is 9.97 Å². The molecular weight excluding hydrogens is 489 g/mol. The van der Waals surface area contributed by atoms with Crippen LogP contribution in [-0.4, -0.2) is 75.2 Å². The van der Waals surface area contributed by atoms with Crippen molar-refractivity contribution in [2.45, 2.75) is 19.8 Å². The van der Waals surface area contributed by atoms with E-state index < -0.39 is 0 Å². The largest absolute Gasteiger partial charge is 0.348 e. The monoisotopic (exact) mass is 519 g/mol. The quantitative estimate of drug-likeness (QED) is 0.358. The molecule has 192 valence electrons. The van der Waals surface area contributed by atoms with E-state index in [1.54, 1.807) is 31.1 Å². The van der Waals surface area contributed by atoms with Crippen LogP contribution >= 0.6 is 11.5 Å². The minimum absolute atomic E-state index is 0.121. The first-order valence-electron chi connectivity index (χ1n) is 12.3. The first-order chi connectivity index (χ1) is 17.8. The van der Waals surface area contributed by atoms with Crippen molar-refractivity contribution < 1.29 is 9.18 Å². The number of nitrogens with zero attached hydrogens (tertiary/aromatic N) is 7. The van der Waals surface area contributed by atoms with Gasteiger partial charge in [0.1, 0.15) is 17.3 Å². The zero-order chi connectivity index (χ0) is 26.1. The molecule has 0 bridgehead atoms. The number of likely N-dealkylation sites (N-methyl/N-ethyl adjacent to an activating group) is 1. The number of carbonyl (C=O) groups is 1. The molecule has 8 nitrogen and oxygen atoms in total. The first-order valence-corrected chi connectivity index (χ1v) is 13.1. The summed E-state index contributed by atoms with van der Waals surface area (Å²) < 4.78 is 20.0. The van der Waals surface area contributed by atoms with Crippen LogP contribution in [0.4, 0.5) is 15.3 Å². The lowest BCUT2D eigenvalue weighted by atomic mass is 10.0. The smallest absolute Gasteiger partial charge is 0.236 e. The Labute approximate surface area is 219 Å². The van der Waals surface area contributed by atoms with Gasteiger partial charge in [-0.3, -0.25) is 14.1 Å². The van der Waals surface area contributed by atoms with E-state index in [1.165, 1.54) is 29.2 Å². The van der Waals surface area contributed by atoms with Crippen LogP contribution in [0.2, 0.25) is 0 Å². The summed E-state index contributed by atoms with van der Waals surface area (Å²) in [5.74, 6) is 1.36. The molecule has 0 fully saturated rings. The van der Waals surface area contributed by atoms with E-state index in [1.807, 2.05) is 11.9 Å². The molecule has 3 aromatic heterocycles. The van der Waals surface area contributed by atoms with Gasteiger partial charge in [-0.2, -0.15) is 9.36 Å². The van der Waals surface area contributed by atoms with Crippen molar-refractivity contribution in [1.82, 2.24) is 28.5 Å². The summed E-state index contributed by atoms with van der Waals surface area (Å²) in [6, 6.07) is 10.4. The maximum Gasteiger partial charge on any atom is 0.236 e. The summed E-state index contributed by atoms with van der Waals surface area (Å²) in [4.78, 5) is 27.5. The Morgan fingerprint density at radius 3 is 2.51 bits per heavy atom. The summed E-state index contributed by atoms with van der Waals surface area (Å²) >= 11 is 1.30. The van der Waals surface area contributed by atoms with Crippen molar-refractivity contribution in [2.75, 3.05) is 45.7 Å². The van der Waals surface area contributed by atoms with Crippen molar-refractivity contribution in [2.24, 2.45) is 0 Å². The number of aromatic nitrogens is 4. The number of halogens is 1. The van der Waals surface area contributed by atoms with Crippen LogP contribution in [0.1, 0.15) is 24.6 Å². The van der Waals surface area contributed by atoms with Gasteiger partial charge in [0.25, 0.3) is 0 Å². The third kappa shape index (κ3) is 5.12. The molecule has 1 aromatic carbocycles. The van der Waals surface area contributed by atoms with Gasteiger partial charge >= 0.3 is 0 Å². The molecule has 0 atom stereocenters. The number of benzene rings is 1. The molecule has 0 unspecified atom stereocenters. The Morgan fingerprint density at radius 1 is 1.08 bits per heavy atom. The number of hydrogen-bond donors (Lipinski definition) is 0. The topological polar surface area (TPSA) is 69.9 Å². The van der Waals surface area contributed by atoms with Gasteiger partial charge in [-0.25, -0.2) is 9.37 Å². The van der Waals surface area contributed by atoms with Crippen LogP contribution in [0.3, 0.4) is 0 Å². The number of hydrogen-bond acceptors (Lipinski definition) is 7. The summed E-state index contributed by atoms with van der Waals surface area (Å²) in [7, 11) is 5.56.